The third kappa shape index (κ3) is 7.73. The molecular formula is C26H26N4O5S2. The van der Waals surface area contributed by atoms with Gasteiger partial charge in [-0.2, -0.15) is 14.6 Å². The average molecular weight is 539 g/mol. The van der Waals surface area contributed by atoms with E-state index in [2.05, 4.69) is 21.3 Å². The number of nitriles is 1. The van der Waals surface area contributed by atoms with E-state index in [9.17, 15) is 10.1 Å². The number of nitrogens with zero attached hydrogens (tertiary/aromatic N) is 3. The molecule has 9 nitrogen and oxygen atoms in total. The first-order valence-electron chi connectivity index (χ1n) is 11.0. The Hall–Kier alpha value is -4.01. The fraction of sp³-hybridized carbons (Fsp3) is 0.231. The molecule has 1 amide bonds. The van der Waals surface area contributed by atoms with E-state index in [4.69, 9.17) is 18.9 Å². The number of aromatic nitrogens is 2. The molecule has 37 heavy (non-hydrogen) atoms. The normalized spacial score (nSPS) is 10.8. The van der Waals surface area contributed by atoms with Crippen molar-refractivity contribution in [2.75, 3.05) is 39.0 Å². The summed E-state index contributed by atoms with van der Waals surface area (Å²) in [7, 11) is 3.11. The summed E-state index contributed by atoms with van der Waals surface area (Å²) in [5.74, 6) is 1.63. The van der Waals surface area contributed by atoms with Crippen LogP contribution in [0.5, 0.6) is 23.0 Å². The van der Waals surface area contributed by atoms with Crippen LogP contribution in [0.15, 0.2) is 59.8 Å². The Labute approximate surface area is 223 Å². The number of anilines is 1. The van der Waals surface area contributed by atoms with Gasteiger partial charge in [0.1, 0.15) is 24.9 Å². The topological polar surface area (TPSA) is 116 Å². The Morgan fingerprint density at radius 2 is 1.78 bits per heavy atom. The summed E-state index contributed by atoms with van der Waals surface area (Å²) in [5, 5.41) is 13.0. The second-order valence-corrected chi connectivity index (χ2v) is 8.82. The third-order valence-corrected chi connectivity index (χ3v) is 6.17. The van der Waals surface area contributed by atoms with E-state index in [0.717, 1.165) is 23.5 Å². The molecule has 0 radical (unpaired) electrons. The number of benzene rings is 2. The molecule has 1 N–H and O–H groups in total. The van der Waals surface area contributed by atoms with Crippen molar-refractivity contribution in [3.05, 3.63) is 65.8 Å². The summed E-state index contributed by atoms with van der Waals surface area (Å²) in [6.45, 7) is 4.29. The van der Waals surface area contributed by atoms with E-state index >= 15 is 0 Å². The molecule has 0 fully saturated rings. The maximum Gasteiger partial charge on any atom is 0.268 e. The van der Waals surface area contributed by atoms with Gasteiger partial charge in [0.05, 0.1) is 14.2 Å². The van der Waals surface area contributed by atoms with Crippen LogP contribution in [0.2, 0.25) is 0 Å². The zero-order valence-corrected chi connectivity index (χ0v) is 22.3. The lowest BCUT2D eigenvalue weighted by atomic mass is 10.1. The van der Waals surface area contributed by atoms with Crippen molar-refractivity contribution in [1.29, 1.82) is 5.26 Å². The smallest absolute Gasteiger partial charge is 0.268 e. The summed E-state index contributed by atoms with van der Waals surface area (Å²) in [6, 6.07) is 12.8. The lowest BCUT2D eigenvalue weighted by Gasteiger charge is -2.14. The van der Waals surface area contributed by atoms with Crippen molar-refractivity contribution >= 4 is 40.4 Å². The van der Waals surface area contributed by atoms with Crippen LogP contribution in [0.3, 0.4) is 0 Å². The fourth-order valence-electron chi connectivity index (χ4n) is 3.14. The number of carbonyl (C=O) groups is 1. The summed E-state index contributed by atoms with van der Waals surface area (Å²) in [6.07, 6.45) is 5.87. The van der Waals surface area contributed by atoms with Crippen LogP contribution in [0.25, 0.3) is 6.08 Å². The van der Waals surface area contributed by atoms with E-state index in [1.165, 1.54) is 24.9 Å². The maximum absolute atomic E-state index is 12.5. The molecule has 0 aliphatic rings. The first kappa shape index (κ1) is 27.6. The third-order valence-electron chi connectivity index (χ3n) is 4.88. The number of ether oxygens (including phenoxy) is 4. The molecule has 0 spiro atoms. The van der Waals surface area contributed by atoms with E-state index < -0.39 is 5.91 Å². The monoisotopic (exact) mass is 538 g/mol. The van der Waals surface area contributed by atoms with Gasteiger partial charge in [0.25, 0.3) is 5.91 Å². The minimum absolute atomic E-state index is 0.0851. The molecule has 0 aliphatic carbocycles. The highest BCUT2D eigenvalue weighted by Gasteiger charge is 2.14. The van der Waals surface area contributed by atoms with E-state index in [-0.39, 0.29) is 18.8 Å². The van der Waals surface area contributed by atoms with Crippen molar-refractivity contribution in [1.82, 2.24) is 9.36 Å². The standard InChI is InChI=1S/C26H26N4O5S2/c1-5-6-17-7-9-20(22(14-17)32-2)34-11-12-35-21-10-8-18(15-23(21)33-3)13-19(16-27)24(31)28-25-29-26(36-4)30-37-25/h5,7-10,13-15H,1,6,11-12H2,2-4H3,(H,28,29,30,31)/b19-13-. The first-order valence-corrected chi connectivity index (χ1v) is 13.0. The Morgan fingerprint density at radius 1 is 1.11 bits per heavy atom. The minimum Gasteiger partial charge on any atom is -0.493 e. The molecule has 192 valence electrons. The SMILES string of the molecule is C=CCc1ccc(OCCOc2ccc(/C=C(/C#N)C(=O)Nc3nc(SC)ns3)cc2OC)c(OC)c1. The summed E-state index contributed by atoms with van der Waals surface area (Å²) >= 11 is 2.41. The Bertz CT molecular complexity index is 1320. The lowest BCUT2D eigenvalue weighted by molar-refractivity contribution is -0.112. The summed E-state index contributed by atoms with van der Waals surface area (Å²) < 4.78 is 26.6. The molecule has 1 heterocycles. The van der Waals surface area contributed by atoms with Crippen molar-refractivity contribution < 1.29 is 23.7 Å². The van der Waals surface area contributed by atoms with E-state index in [0.29, 0.717) is 38.8 Å². The van der Waals surface area contributed by atoms with Gasteiger partial charge in [-0.25, -0.2) is 0 Å². The van der Waals surface area contributed by atoms with Gasteiger partial charge in [0.2, 0.25) is 10.3 Å². The molecule has 0 saturated carbocycles. The summed E-state index contributed by atoms with van der Waals surface area (Å²) in [4.78, 5) is 16.7. The quantitative estimate of drug-likeness (QED) is 0.105. The van der Waals surface area contributed by atoms with Crippen LogP contribution in [0, 0.1) is 11.3 Å². The van der Waals surface area contributed by atoms with Gasteiger partial charge in [-0.15, -0.1) is 6.58 Å². The number of carbonyl (C=O) groups excluding carboxylic acids is 1. The van der Waals surface area contributed by atoms with Gasteiger partial charge in [-0.3, -0.25) is 10.1 Å². The Balaban J connectivity index is 1.61. The van der Waals surface area contributed by atoms with Crippen LogP contribution in [0.4, 0.5) is 5.13 Å². The van der Waals surface area contributed by atoms with Gasteiger partial charge < -0.3 is 18.9 Å². The largest absolute Gasteiger partial charge is 0.493 e. The van der Waals surface area contributed by atoms with Crippen LogP contribution in [0.1, 0.15) is 11.1 Å². The van der Waals surface area contributed by atoms with E-state index in [1.807, 2.05) is 36.6 Å². The fourth-order valence-corrected chi connectivity index (χ4v) is 4.27. The number of amides is 1. The van der Waals surface area contributed by atoms with Gasteiger partial charge >= 0.3 is 0 Å². The van der Waals surface area contributed by atoms with Crippen molar-refractivity contribution in [2.24, 2.45) is 0 Å². The number of hydrogen-bond donors (Lipinski definition) is 1. The van der Waals surface area contributed by atoms with Crippen molar-refractivity contribution in [3.8, 4) is 29.1 Å². The second kappa shape index (κ2) is 13.9. The number of rotatable bonds is 13. The zero-order valence-electron chi connectivity index (χ0n) is 20.6. The molecule has 1 aromatic heterocycles. The van der Waals surface area contributed by atoms with Gasteiger partial charge in [0, 0.05) is 11.5 Å². The molecule has 11 heteroatoms. The molecule has 0 bridgehead atoms. The molecule has 3 rings (SSSR count). The highest BCUT2D eigenvalue weighted by Crippen LogP contribution is 2.30. The van der Waals surface area contributed by atoms with Crippen LogP contribution in [-0.4, -0.2) is 49.0 Å². The maximum atomic E-state index is 12.5. The van der Waals surface area contributed by atoms with Crippen molar-refractivity contribution in [3.63, 3.8) is 0 Å². The molecule has 0 saturated heterocycles. The van der Waals surface area contributed by atoms with Gasteiger partial charge in [-0.05, 0) is 54.1 Å². The highest BCUT2D eigenvalue weighted by atomic mass is 32.2. The van der Waals surface area contributed by atoms with Crippen LogP contribution >= 0.6 is 23.3 Å². The Kier molecular flexibility index (Phi) is 10.4. The number of allylic oxidation sites excluding steroid dienone is 1. The predicted octanol–water partition coefficient (Wildman–Crippen LogP) is 5.01. The van der Waals surface area contributed by atoms with Crippen LogP contribution < -0.4 is 24.3 Å². The lowest BCUT2D eigenvalue weighted by Crippen LogP contribution is -2.13. The summed E-state index contributed by atoms with van der Waals surface area (Å²) in [5.41, 5.74) is 1.59. The molecular weight excluding hydrogens is 512 g/mol. The van der Waals surface area contributed by atoms with Crippen molar-refractivity contribution in [2.45, 2.75) is 11.6 Å². The minimum atomic E-state index is -0.573. The predicted molar refractivity (Wildman–Crippen MR) is 145 cm³/mol. The number of methoxy groups -OCH3 is 2. The highest BCUT2D eigenvalue weighted by molar-refractivity contribution is 7.98. The van der Waals surface area contributed by atoms with Gasteiger partial charge in [0.15, 0.2) is 23.0 Å². The second-order valence-electron chi connectivity index (χ2n) is 7.30. The average Bonchev–Trinajstić information content (AvgIpc) is 3.38. The first-order chi connectivity index (χ1) is 18.0. The molecule has 0 aliphatic heterocycles. The van der Waals surface area contributed by atoms with Crippen LogP contribution in [-0.2, 0) is 11.2 Å². The zero-order chi connectivity index (χ0) is 26.6. The number of thioether (sulfide) groups is 1. The van der Waals surface area contributed by atoms with E-state index in [1.54, 1.807) is 25.3 Å². The molecule has 0 atom stereocenters. The number of nitrogens with one attached hydrogen (secondary N) is 1. The number of hydrogen-bond acceptors (Lipinski definition) is 10. The Morgan fingerprint density at radius 3 is 2.38 bits per heavy atom. The van der Waals surface area contributed by atoms with Gasteiger partial charge in [-0.1, -0.05) is 30.0 Å². The molecule has 2 aromatic carbocycles. The molecule has 0 unspecified atom stereocenters. The molecule has 3 aromatic rings.